The molecule has 11 heteroatoms. The van der Waals surface area contributed by atoms with Gasteiger partial charge in [-0.05, 0) is 29.6 Å². The number of nitriles is 3. The summed E-state index contributed by atoms with van der Waals surface area (Å²) in [6.07, 6.45) is 0. The monoisotopic (exact) mass is 459 g/mol. The first kappa shape index (κ1) is 36.8. The molecule has 157 valence electrons. The summed E-state index contributed by atoms with van der Waals surface area (Å²) in [4.78, 5) is 0. The van der Waals surface area contributed by atoms with Gasteiger partial charge in [0.25, 0.3) is 0 Å². The predicted octanol–water partition coefficient (Wildman–Crippen LogP) is 7.94. The summed E-state index contributed by atoms with van der Waals surface area (Å²) in [6, 6.07) is 5.25. The topological polar surface area (TPSA) is 71.4 Å². The van der Waals surface area contributed by atoms with E-state index in [1.165, 1.54) is 50.4 Å². The first-order valence-electron chi connectivity index (χ1n) is 6.94. The SMILES string of the molecule is CC#N.CC#N.CC#N.C[C]1[C](C)[C](C)[C](C)[C]1C.F[P-](F)(F)(F)(F)F.[Fe+2]. The van der Waals surface area contributed by atoms with E-state index in [2.05, 4.69) is 34.6 Å². The molecule has 0 saturated heterocycles. The quantitative estimate of drug-likeness (QED) is 0.210. The van der Waals surface area contributed by atoms with Gasteiger partial charge >= 0.3 is 50.1 Å². The van der Waals surface area contributed by atoms with E-state index >= 15 is 0 Å². The van der Waals surface area contributed by atoms with Crippen LogP contribution in [0.1, 0.15) is 55.4 Å². The maximum atomic E-state index is 9.87. The number of nitrogens with zero attached hydrogens (tertiary/aromatic N) is 3. The van der Waals surface area contributed by atoms with Crippen molar-refractivity contribution in [3.63, 3.8) is 0 Å². The van der Waals surface area contributed by atoms with Gasteiger partial charge in [-0.3, -0.25) is 0 Å². The molecule has 0 bridgehead atoms. The molecule has 1 aliphatic carbocycles. The zero-order valence-electron chi connectivity index (χ0n) is 16.4. The minimum absolute atomic E-state index is 0. The van der Waals surface area contributed by atoms with Crippen LogP contribution in [0.2, 0.25) is 0 Å². The van der Waals surface area contributed by atoms with Gasteiger partial charge in [0.2, 0.25) is 0 Å². The molecule has 0 heterocycles. The summed E-state index contributed by atoms with van der Waals surface area (Å²) in [5, 5.41) is 22.0. The minimum atomic E-state index is -10.7. The van der Waals surface area contributed by atoms with Gasteiger partial charge in [0.15, 0.2) is 0 Å². The molecule has 1 rings (SSSR count). The summed E-state index contributed by atoms with van der Waals surface area (Å²) in [7, 11) is -10.7. The first-order valence-corrected chi connectivity index (χ1v) is 8.96. The van der Waals surface area contributed by atoms with Gasteiger partial charge in [-0.15, -0.1) is 0 Å². The van der Waals surface area contributed by atoms with Crippen molar-refractivity contribution in [1.29, 1.82) is 15.8 Å². The Kier molecular flexibility index (Phi) is 19.2. The van der Waals surface area contributed by atoms with E-state index in [-0.39, 0.29) is 17.1 Å². The van der Waals surface area contributed by atoms with Crippen LogP contribution in [0.15, 0.2) is 0 Å². The third-order valence-corrected chi connectivity index (χ3v) is 2.81. The minimum Gasteiger partial charge on any atom is 2.00 e. The normalized spacial score (nSPS) is 17.4. The van der Waals surface area contributed by atoms with Crippen LogP contribution < -0.4 is 0 Å². The smallest absolute Gasteiger partial charge is 2.00 e. The van der Waals surface area contributed by atoms with Crippen LogP contribution in [0.25, 0.3) is 0 Å². The Hall–Kier alpha value is -1.00. The molecule has 1 saturated carbocycles. The third-order valence-electron chi connectivity index (χ3n) is 2.81. The van der Waals surface area contributed by atoms with Gasteiger partial charge < -0.3 is 0 Å². The molecule has 0 unspecified atom stereocenters. The molecule has 0 aromatic rings. The number of hydrogen-bond acceptors (Lipinski definition) is 3. The van der Waals surface area contributed by atoms with Crippen molar-refractivity contribution in [1.82, 2.24) is 0 Å². The molecule has 0 aliphatic heterocycles. The Labute approximate surface area is 169 Å². The van der Waals surface area contributed by atoms with Gasteiger partial charge in [-0.25, -0.2) is 0 Å². The molecule has 5 radical (unpaired) electrons. The fourth-order valence-corrected chi connectivity index (χ4v) is 1.41. The molecule has 1 fully saturated rings. The van der Waals surface area contributed by atoms with Crippen LogP contribution in [0.4, 0.5) is 25.2 Å². The zero-order chi connectivity index (χ0) is 22.4. The van der Waals surface area contributed by atoms with E-state index in [1.807, 2.05) is 0 Å². The van der Waals surface area contributed by atoms with Gasteiger partial charge in [0.05, 0.1) is 18.2 Å². The number of rotatable bonds is 0. The Morgan fingerprint density at radius 1 is 0.519 bits per heavy atom. The first-order chi connectivity index (χ1) is 11.2. The Balaban J connectivity index is -0.0000000835. The molecule has 0 amide bonds. The standard InChI is InChI=1S/C10H15.3C2H3N.F6P.Fe/c1-6-7(2)9(4)10(5)8(6)3;3*1-2-3;1-7(2,3,4,5)6;/h1-5H3;3*1H3;;/q;;;;-1;+2. The van der Waals surface area contributed by atoms with Crippen LogP contribution in [-0.4, -0.2) is 0 Å². The van der Waals surface area contributed by atoms with Crippen LogP contribution >= 0.6 is 7.81 Å². The third kappa shape index (κ3) is 36.6. The summed E-state index contributed by atoms with van der Waals surface area (Å²) in [5.41, 5.74) is 0. The average Bonchev–Trinajstić information content (AvgIpc) is 2.56. The fourth-order valence-electron chi connectivity index (χ4n) is 1.41. The molecule has 0 spiro atoms. The maximum absolute atomic E-state index is 10.7. The van der Waals surface area contributed by atoms with Gasteiger partial charge in [-0.1, -0.05) is 34.6 Å². The van der Waals surface area contributed by atoms with Crippen molar-refractivity contribution in [2.24, 2.45) is 0 Å². The van der Waals surface area contributed by atoms with E-state index in [0.717, 1.165) is 0 Å². The Morgan fingerprint density at radius 2 is 0.556 bits per heavy atom. The van der Waals surface area contributed by atoms with Crippen molar-refractivity contribution >= 4 is 7.81 Å². The van der Waals surface area contributed by atoms with Crippen molar-refractivity contribution in [2.45, 2.75) is 55.4 Å². The number of hydrogen-bond donors (Lipinski definition) is 0. The molecule has 0 aromatic heterocycles. The van der Waals surface area contributed by atoms with Crippen molar-refractivity contribution in [3.05, 3.63) is 29.6 Å². The van der Waals surface area contributed by atoms with E-state index in [0.29, 0.717) is 0 Å². The Bertz CT molecular complexity index is 420. The predicted molar refractivity (Wildman–Crippen MR) is 92.0 cm³/mol. The van der Waals surface area contributed by atoms with Crippen LogP contribution in [0.5, 0.6) is 0 Å². The Morgan fingerprint density at radius 3 is 0.593 bits per heavy atom. The van der Waals surface area contributed by atoms with E-state index in [1.54, 1.807) is 18.2 Å². The van der Waals surface area contributed by atoms with E-state index < -0.39 is 7.81 Å². The van der Waals surface area contributed by atoms with E-state index in [4.69, 9.17) is 15.8 Å². The molecular weight excluding hydrogens is 435 g/mol. The van der Waals surface area contributed by atoms with Crippen molar-refractivity contribution < 1.29 is 42.3 Å². The molecule has 27 heavy (non-hydrogen) atoms. The van der Waals surface area contributed by atoms with Gasteiger partial charge in [0, 0.05) is 20.8 Å². The van der Waals surface area contributed by atoms with Crippen LogP contribution in [0.3, 0.4) is 0 Å². The van der Waals surface area contributed by atoms with Crippen molar-refractivity contribution in [2.75, 3.05) is 0 Å². The summed E-state index contributed by atoms with van der Waals surface area (Å²) >= 11 is 0. The summed E-state index contributed by atoms with van der Waals surface area (Å²) in [5.74, 6) is 7.34. The molecule has 1 aliphatic rings. The average molecular weight is 459 g/mol. The molecular formula is C16H24F6FeN3P+. The summed E-state index contributed by atoms with van der Waals surface area (Å²) in [6.45, 7) is 15.3. The second kappa shape index (κ2) is 14.1. The summed E-state index contributed by atoms with van der Waals surface area (Å²) < 4.78 is 59.2. The van der Waals surface area contributed by atoms with Gasteiger partial charge in [-0.2, -0.15) is 15.8 Å². The van der Waals surface area contributed by atoms with Crippen LogP contribution in [-0.2, 0) is 17.1 Å². The van der Waals surface area contributed by atoms with E-state index in [9.17, 15) is 25.2 Å². The van der Waals surface area contributed by atoms with Gasteiger partial charge in [0.1, 0.15) is 0 Å². The molecule has 0 atom stereocenters. The fraction of sp³-hybridized carbons (Fsp3) is 0.500. The molecule has 3 nitrogen and oxygen atoms in total. The number of halogens is 6. The second-order valence-electron chi connectivity index (χ2n) is 4.75. The zero-order valence-corrected chi connectivity index (χ0v) is 18.4. The van der Waals surface area contributed by atoms with Crippen molar-refractivity contribution in [3.8, 4) is 18.2 Å². The molecule has 0 aromatic carbocycles. The maximum Gasteiger partial charge on any atom is 2.00 e. The van der Waals surface area contributed by atoms with Crippen LogP contribution in [0, 0.1) is 63.6 Å². The second-order valence-corrected chi connectivity index (χ2v) is 6.67. The molecule has 0 N–H and O–H groups in total. The largest absolute Gasteiger partial charge is 2.00 e.